The Kier molecular flexibility index (Phi) is 2.03. The number of cyclic esters (lactones) is 4. The highest BCUT2D eigenvalue weighted by molar-refractivity contribution is 5.98. The SMILES string of the molecule is O=C1CC2C3CC(C2C(=O)O1)[C@@H]1C2CC(C4C(=O)OC(=O)C42)C31. The second-order valence-corrected chi connectivity index (χ2v) is 8.26. The molecule has 0 aromatic heterocycles. The molecule has 0 N–H and O–H groups in total. The predicted molar refractivity (Wildman–Crippen MR) is 70.9 cm³/mol. The molecule has 9 unspecified atom stereocenters. The Morgan fingerprint density at radius 3 is 1.83 bits per heavy atom. The standard InChI is InChI=1S/C17H16O6/c18-9-3-5-4-1-6(12(5)15(19)22-9)11-8-2-7(10(4)11)13-14(8)17(21)23-16(13)20/h4-8,10-14H,1-3H2/t4?,5?,6?,7?,8?,10?,11-,12?,13?,14?/m1/s1. The van der Waals surface area contributed by atoms with Crippen molar-refractivity contribution in [1.82, 2.24) is 0 Å². The van der Waals surface area contributed by atoms with Crippen LogP contribution in [0.1, 0.15) is 19.3 Å². The first kappa shape index (κ1) is 12.7. The van der Waals surface area contributed by atoms with Crippen LogP contribution in [0.4, 0.5) is 0 Å². The average Bonchev–Trinajstić information content (AvgIpc) is 3.23. The van der Waals surface area contributed by atoms with E-state index < -0.39 is 5.97 Å². The number of hydrogen-bond acceptors (Lipinski definition) is 6. The summed E-state index contributed by atoms with van der Waals surface area (Å²) in [6.07, 6.45) is 2.18. The van der Waals surface area contributed by atoms with E-state index in [1.807, 2.05) is 0 Å². The molecule has 6 aliphatic rings. The van der Waals surface area contributed by atoms with Crippen LogP contribution in [0.2, 0.25) is 0 Å². The van der Waals surface area contributed by atoms with Crippen molar-refractivity contribution < 1.29 is 28.7 Å². The topological polar surface area (TPSA) is 86.7 Å². The van der Waals surface area contributed by atoms with Gasteiger partial charge in [-0.25, -0.2) is 0 Å². The summed E-state index contributed by atoms with van der Waals surface area (Å²) < 4.78 is 9.78. The third-order valence-electron chi connectivity index (χ3n) is 7.93. The Bertz CT molecular complexity index is 697. The van der Waals surface area contributed by atoms with Crippen LogP contribution < -0.4 is 0 Å². The molecule has 4 aliphatic carbocycles. The highest BCUT2D eigenvalue weighted by Crippen LogP contribution is 2.74. The van der Waals surface area contributed by atoms with E-state index in [1.54, 1.807) is 0 Å². The van der Waals surface area contributed by atoms with Crippen LogP contribution in [0.25, 0.3) is 0 Å². The van der Waals surface area contributed by atoms with Crippen LogP contribution in [-0.2, 0) is 28.7 Å². The quantitative estimate of drug-likeness (QED) is 0.368. The Labute approximate surface area is 131 Å². The lowest BCUT2D eigenvalue weighted by Crippen LogP contribution is -2.49. The second-order valence-electron chi connectivity index (χ2n) is 8.26. The summed E-state index contributed by atoms with van der Waals surface area (Å²) in [5.41, 5.74) is 0. The van der Waals surface area contributed by atoms with Crippen molar-refractivity contribution in [2.45, 2.75) is 19.3 Å². The molecule has 0 amide bonds. The van der Waals surface area contributed by atoms with Crippen LogP contribution in [0.15, 0.2) is 0 Å². The number of rotatable bonds is 0. The van der Waals surface area contributed by atoms with Gasteiger partial charge in [-0.05, 0) is 54.3 Å². The third-order valence-corrected chi connectivity index (χ3v) is 7.93. The smallest absolute Gasteiger partial charge is 0.317 e. The van der Waals surface area contributed by atoms with Crippen molar-refractivity contribution >= 4 is 23.9 Å². The van der Waals surface area contributed by atoms with Crippen molar-refractivity contribution in [3.63, 3.8) is 0 Å². The van der Waals surface area contributed by atoms with Crippen molar-refractivity contribution in [1.29, 1.82) is 0 Å². The van der Waals surface area contributed by atoms with Gasteiger partial charge >= 0.3 is 23.9 Å². The number of esters is 4. The fourth-order valence-corrected chi connectivity index (χ4v) is 7.69. The van der Waals surface area contributed by atoms with Crippen LogP contribution >= 0.6 is 0 Å². The summed E-state index contributed by atoms with van der Waals surface area (Å²) in [4.78, 5) is 48.0. The van der Waals surface area contributed by atoms with Gasteiger partial charge in [-0.1, -0.05) is 0 Å². The minimum atomic E-state index is -0.406. The van der Waals surface area contributed by atoms with Crippen LogP contribution in [0, 0.1) is 59.2 Å². The van der Waals surface area contributed by atoms with Gasteiger partial charge in [-0.15, -0.1) is 0 Å². The Balaban J connectivity index is 1.42. The molecule has 6 rings (SSSR count). The zero-order valence-corrected chi connectivity index (χ0v) is 12.3. The minimum Gasteiger partial charge on any atom is -0.393 e. The normalized spacial score (nSPS) is 58.1. The van der Waals surface area contributed by atoms with Crippen LogP contribution in [-0.4, -0.2) is 23.9 Å². The highest BCUT2D eigenvalue weighted by Gasteiger charge is 2.75. The van der Waals surface area contributed by atoms with Gasteiger partial charge in [0.2, 0.25) is 0 Å². The van der Waals surface area contributed by atoms with E-state index in [0.29, 0.717) is 24.2 Å². The van der Waals surface area contributed by atoms with Gasteiger partial charge < -0.3 is 9.47 Å². The second kappa shape index (κ2) is 3.68. The summed E-state index contributed by atoms with van der Waals surface area (Å²) in [5, 5.41) is 0. The first-order valence-electron chi connectivity index (χ1n) is 8.56. The van der Waals surface area contributed by atoms with Gasteiger partial charge in [0.1, 0.15) is 0 Å². The van der Waals surface area contributed by atoms with Crippen LogP contribution in [0.3, 0.4) is 0 Å². The molecule has 2 aliphatic heterocycles. The van der Waals surface area contributed by atoms with E-state index in [4.69, 9.17) is 9.47 Å². The van der Waals surface area contributed by atoms with E-state index in [-0.39, 0.29) is 59.3 Å². The van der Waals surface area contributed by atoms with Gasteiger partial charge in [0.15, 0.2) is 0 Å². The minimum absolute atomic E-state index is 0.0842. The first-order chi connectivity index (χ1) is 11.1. The Hall–Kier alpha value is -1.72. The molecule has 4 saturated carbocycles. The van der Waals surface area contributed by atoms with E-state index >= 15 is 0 Å². The lowest BCUT2D eigenvalue weighted by molar-refractivity contribution is -0.176. The number of carbonyl (C=O) groups is 4. The van der Waals surface area contributed by atoms with E-state index in [0.717, 1.165) is 12.8 Å². The summed E-state index contributed by atoms with van der Waals surface area (Å²) >= 11 is 0. The van der Waals surface area contributed by atoms with Gasteiger partial charge in [0, 0.05) is 6.42 Å². The molecule has 0 aromatic carbocycles. The number of fused-ring (bicyclic) bond motifs is 15. The zero-order chi connectivity index (χ0) is 15.6. The van der Waals surface area contributed by atoms with E-state index in [2.05, 4.69) is 0 Å². The maximum atomic E-state index is 12.2. The maximum Gasteiger partial charge on any atom is 0.317 e. The van der Waals surface area contributed by atoms with Crippen LogP contribution in [0.5, 0.6) is 0 Å². The predicted octanol–water partition coefficient (Wildman–Crippen LogP) is 0.540. The Morgan fingerprint density at radius 2 is 1.13 bits per heavy atom. The van der Waals surface area contributed by atoms with Gasteiger partial charge in [0.05, 0.1) is 17.8 Å². The molecule has 2 saturated heterocycles. The molecule has 6 heteroatoms. The monoisotopic (exact) mass is 316 g/mol. The number of carbonyl (C=O) groups excluding carboxylic acids is 4. The van der Waals surface area contributed by atoms with Gasteiger partial charge in [-0.3, -0.25) is 19.2 Å². The lowest BCUT2D eigenvalue weighted by Gasteiger charge is -2.45. The molecule has 6 nitrogen and oxygen atoms in total. The molecule has 10 atom stereocenters. The molecular weight excluding hydrogens is 300 g/mol. The molecule has 23 heavy (non-hydrogen) atoms. The molecule has 6 fully saturated rings. The fraction of sp³-hybridized carbons (Fsp3) is 0.765. The van der Waals surface area contributed by atoms with Crippen molar-refractivity contribution in [2.75, 3.05) is 0 Å². The summed E-state index contributed by atoms with van der Waals surface area (Å²) in [6, 6.07) is 0. The van der Waals surface area contributed by atoms with Gasteiger partial charge in [0.25, 0.3) is 0 Å². The molecule has 120 valence electrons. The van der Waals surface area contributed by atoms with E-state index in [9.17, 15) is 19.2 Å². The van der Waals surface area contributed by atoms with Crippen molar-refractivity contribution in [3.8, 4) is 0 Å². The fourth-order valence-electron chi connectivity index (χ4n) is 7.69. The summed E-state index contributed by atoms with van der Waals surface area (Å²) in [5.74, 6) is -0.475. The van der Waals surface area contributed by atoms with Crippen molar-refractivity contribution in [2.24, 2.45) is 59.2 Å². The molecule has 4 bridgehead atoms. The molecule has 0 spiro atoms. The first-order valence-corrected chi connectivity index (χ1v) is 8.56. The molecule has 0 radical (unpaired) electrons. The number of ether oxygens (including phenoxy) is 2. The summed E-state index contributed by atoms with van der Waals surface area (Å²) in [6.45, 7) is 0. The highest BCUT2D eigenvalue weighted by atomic mass is 16.6. The number of hydrogen-bond donors (Lipinski definition) is 0. The largest absolute Gasteiger partial charge is 0.393 e. The summed E-state index contributed by atoms with van der Waals surface area (Å²) in [7, 11) is 0. The third kappa shape index (κ3) is 1.23. The lowest BCUT2D eigenvalue weighted by atomic mass is 9.58. The zero-order valence-electron chi connectivity index (χ0n) is 12.3. The van der Waals surface area contributed by atoms with Gasteiger partial charge in [-0.2, -0.15) is 0 Å². The molecular formula is C17H16O6. The average molecular weight is 316 g/mol. The molecule has 2 heterocycles. The maximum absolute atomic E-state index is 12.2. The molecule has 0 aromatic rings. The Morgan fingerprint density at radius 1 is 0.609 bits per heavy atom. The van der Waals surface area contributed by atoms with E-state index in [1.165, 1.54) is 0 Å². The van der Waals surface area contributed by atoms with Crippen molar-refractivity contribution in [3.05, 3.63) is 0 Å².